The summed E-state index contributed by atoms with van der Waals surface area (Å²) in [5, 5.41) is 3.17. The molecule has 2 aromatic carbocycles. The summed E-state index contributed by atoms with van der Waals surface area (Å²) >= 11 is 12.8. The number of nitrogens with one attached hydrogen (secondary N) is 1. The number of hydrogen-bond donors (Lipinski definition) is 1. The van der Waals surface area contributed by atoms with Gasteiger partial charge in [0.1, 0.15) is 5.57 Å². The predicted molar refractivity (Wildman–Crippen MR) is 110 cm³/mol. The molecule has 0 unspecified atom stereocenters. The number of carbonyl (C=O) groups excluding carboxylic acids is 2. The second-order valence-electron chi connectivity index (χ2n) is 5.44. The maximum atomic E-state index is 12.9. The van der Waals surface area contributed by atoms with E-state index in [-0.39, 0.29) is 10.7 Å². The summed E-state index contributed by atoms with van der Waals surface area (Å²) in [6.45, 7) is 2.08. The number of amides is 2. The Bertz CT molecular complexity index is 893. The summed E-state index contributed by atoms with van der Waals surface area (Å²) in [6, 6.07) is 14.4. The molecule has 132 valence electrons. The Balaban J connectivity index is 1.93. The van der Waals surface area contributed by atoms with Crippen LogP contribution in [0.25, 0.3) is 6.08 Å². The normalized spacial score (nSPS) is 16.2. The van der Waals surface area contributed by atoms with Gasteiger partial charge in [-0.15, -0.1) is 11.8 Å². The van der Waals surface area contributed by atoms with Crippen molar-refractivity contribution < 1.29 is 9.59 Å². The van der Waals surface area contributed by atoms with Gasteiger partial charge in [0, 0.05) is 9.92 Å². The Morgan fingerprint density at radius 3 is 2.38 bits per heavy atom. The Labute approximate surface area is 166 Å². The second-order valence-corrected chi connectivity index (χ2v) is 7.60. The molecule has 1 aliphatic rings. The molecule has 0 aromatic heterocycles. The monoisotopic (exact) mass is 402 g/mol. The van der Waals surface area contributed by atoms with E-state index in [4.69, 9.17) is 23.8 Å². The standard InChI is InChI=1S/C19H15ClN2O2S2/c1-2-26-15-9-3-12(4-10-15)11-16-17(23)21-19(25)22(18(16)24)14-7-5-13(20)6-8-14/h3-11H,2H2,1H3,(H,21,23,25)/b16-11-. The first kappa shape index (κ1) is 18.6. The van der Waals surface area contributed by atoms with Crippen LogP contribution in [0.4, 0.5) is 5.69 Å². The largest absolute Gasteiger partial charge is 0.298 e. The Hall–Kier alpha value is -2.15. The Morgan fingerprint density at radius 1 is 1.12 bits per heavy atom. The van der Waals surface area contributed by atoms with E-state index in [1.54, 1.807) is 42.1 Å². The Kier molecular flexibility index (Phi) is 5.76. The zero-order chi connectivity index (χ0) is 18.7. The summed E-state index contributed by atoms with van der Waals surface area (Å²) < 4.78 is 0. The molecule has 1 fully saturated rings. The molecular formula is C19H15ClN2O2S2. The van der Waals surface area contributed by atoms with Crippen LogP contribution >= 0.6 is 35.6 Å². The van der Waals surface area contributed by atoms with E-state index in [2.05, 4.69) is 12.2 Å². The number of anilines is 1. The first-order valence-corrected chi connectivity index (χ1v) is 9.66. The van der Waals surface area contributed by atoms with Gasteiger partial charge in [-0.2, -0.15) is 0 Å². The molecule has 4 nitrogen and oxygen atoms in total. The molecule has 7 heteroatoms. The van der Waals surface area contributed by atoms with Gasteiger partial charge in [0.25, 0.3) is 11.8 Å². The second kappa shape index (κ2) is 8.03. The van der Waals surface area contributed by atoms with E-state index in [0.717, 1.165) is 16.2 Å². The zero-order valence-electron chi connectivity index (χ0n) is 13.9. The van der Waals surface area contributed by atoms with Gasteiger partial charge in [0.05, 0.1) is 5.69 Å². The van der Waals surface area contributed by atoms with Gasteiger partial charge in [0.15, 0.2) is 5.11 Å². The molecule has 1 saturated heterocycles. The lowest BCUT2D eigenvalue weighted by Crippen LogP contribution is -2.54. The van der Waals surface area contributed by atoms with Crippen LogP contribution in [0.2, 0.25) is 5.02 Å². The molecule has 26 heavy (non-hydrogen) atoms. The SMILES string of the molecule is CCSc1ccc(/C=C2/C(=O)NC(=S)N(c3ccc(Cl)cc3)C2=O)cc1. The van der Waals surface area contributed by atoms with Crippen molar-refractivity contribution in [2.45, 2.75) is 11.8 Å². The van der Waals surface area contributed by atoms with Crippen molar-refractivity contribution in [3.8, 4) is 0 Å². The number of thioether (sulfide) groups is 1. The lowest BCUT2D eigenvalue weighted by Gasteiger charge is -2.28. The van der Waals surface area contributed by atoms with Crippen molar-refractivity contribution in [1.82, 2.24) is 5.32 Å². The van der Waals surface area contributed by atoms with E-state index in [1.165, 1.54) is 4.90 Å². The number of halogens is 1. The van der Waals surface area contributed by atoms with Gasteiger partial charge >= 0.3 is 0 Å². The van der Waals surface area contributed by atoms with Crippen molar-refractivity contribution >= 4 is 64.3 Å². The molecule has 2 amide bonds. The molecule has 0 bridgehead atoms. The maximum Gasteiger partial charge on any atom is 0.270 e. The molecule has 2 aromatic rings. The van der Waals surface area contributed by atoms with E-state index in [1.807, 2.05) is 24.3 Å². The van der Waals surface area contributed by atoms with Crippen LogP contribution in [-0.2, 0) is 9.59 Å². The zero-order valence-corrected chi connectivity index (χ0v) is 16.3. The molecule has 1 aliphatic heterocycles. The highest BCUT2D eigenvalue weighted by Crippen LogP contribution is 2.24. The number of hydrogen-bond acceptors (Lipinski definition) is 4. The van der Waals surface area contributed by atoms with Crippen LogP contribution in [0.3, 0.4) is 0 Å². The highest BCUT2D eigenvalue weighted by molar-refractivity contribution is 7.99. The summed E-state index contributed by atoms with van der Waals surface area (Å²) in [7, 11) is 0. The first-order valence-electron chi connectivity index (χ1n) is 7.89. The molecule has 1 N–H and O–H groups in total. The molecule has 0 aliphatic carbocycles. The van der Waals surface area contributed by atoms with E-state index < -0.39 is 11.8 Å². The fourth-order valence-electron chi connectivity index (χ4n) is 2.48. The minimum atomic E-state index is -0.503. The van der Waals surface area contributed by atoms with Crippen molar-refractivity contribution in [1.29, 1.82) is 0 Å². The van der Waals surface area contributed by atoms with E-state index in [0.29, 0.717) is 10.7 Å². The number of rotatable bonds is 4. The third kappa shape index (κ3) is 3.98. The van der Waals surface area contributed by atoms with E-state index in [9.17, 15) is 9.59 Å². The van der Waals surface area contributed by atoms with Crippen LogP contribution in [0.1, 0.15) is 12.5 Å². The number of thiocarbonyl (C=S) groups is 1. The third-order valence-corrected chi connectivity index (χ3v) is 5.12. The van der Waals surface area contributed by atoms with Gasteiger partial charge in [0.2, 0.25) is 0 Å². The number of benzene rings is 2. The highest BCUT2D eigenvalue weighted by atomic mass is 35.5. The van der Waals surface area contributed by atoms with Crippen molar-refractivity contribution in [2.24, 2.45) is 0 Å². The smallest absolute Gasteiger partial charge is 0.270 e. The maximum absolute atomic E-state index is 12.9. The van der Waals surface area contributed by atoms with Gasteiger partial charge in [-0.3, -0.25) is 19.8 Å². The van der Waals surface area contributed by atoms with Crippen LogP contribution in [-0.4, -0.2) is 22.7 Å². The summed E-state index contributed by atoms with van der Waals surface area (Å²) in [6.07, 6.45) is 1.57. The quantitative estimate of drug-likeness (QED) is 0.359. The van der Waals surface area contributed by atoms with Crippen LogP contribution in [0.5, 0.6) is 0 Å². The fourth-order valence-corrected chi connectivity index (χ4v) is 3.54. The van der Waals surface area contributed by atoms with E-state index >= 15 is 0 Å². The molecule has 0 radical (unpaired) electrons. The van der Waals surface area contributed by atoms with Crippen molar-refractivity contribution in [3.63, 3.8) is 0 Å². The lowest BCUT2D eigenvalue weighted by molar-refractivity contribution is -0.122. The molecule has 0 atom stereocenters. The highest BCUT2D eigenvalue weighted by Gasteiger charge is 2.34. The molecular weight excluding hydrogens is 388 g/mol. The van der Waals surface area contributed by atoms with Crippen LogP contribution in [0.15, 0.2) is 59.0 Å². The molecule has 3 rings (SSSR count). The molecule has 0 spiro atoms. The average molecular weight is 403 g/mol. The van der Waals surface area contributed by atoms with Gasteiger partial charge in [-0.1, -0.05) is 30.7 Å². The summed E-state index contributed by atoms with van der Waals surface area (Å²) in [5.74, 6) is 0.0137. The Morgan fingerprint density at radius 2 is 1.77 bits per heavy atom. The van der Waals surface area contributed by atoms with Crippen LogP contribution in [0, 0.1) is 0 Å². The van der Waals surface area contributed by atoms with Crippen LogP contribution < -0.4 is 10.2 Å². The summed E-state index contributed by atoms with van der Waals surface area (Å²) in [4.78, 5) is 27.6. The molecule has 0 saturated carbocycles. The number of carbonyl (C=O) groups is 2. The van der Waals surface area contributed by atoms with Gasteiger partial charge in [-0.05, 0) is 66.0 Å². The van der Waals surface area contributed by atoms with Crippen molar-refractivity contribution in [3.05, 3.63) is 64.7 Å². The first-order chi connectivity index (χ1) is 12.5. The third-order valence-electron chi connectivity index (χ3n) is 3.69. The summed E-state index contributed by atoms with van der Waals surface area (Å²) in [5.41, 5.74) is 1.35. The average Bonchev–Trinajstić information content (AvgIpc) is 2.62. The topological polar surface area (TPSA) is 49.4 Å². The van der Waals surface area contributed by atoms with Crippen molar-refractivity contribution in [2.75, 3.05) is 10.7 Å². The minimum Gasteiger partial charge on any atom is -0.298 e. The fraction of sp³-hybridized carbons (Fsp3) is 0.105. The number of nitrogens with zero attached hydrogens (tertiary/aromatic N) is 1. The molecule has 1 heterocycles. The van der Waals surface area contributed by atoms with Gasteiger partial charge in [-0.25, -0.2) is 0 Å². The lowest BCUT2D eigenvalue weighted by atomic mass is 10.1. The van der Waals surface area contributed by atoms with Gasteiger partial charge < -0.3 is 0 Å². The minimum absolute atomic E-state index is 0.0319. The predicted octanol–water partition coefficient (Wildman–Crippen LogP) is 4.28.